The molecule has 2 aromatic rings. The first-order valence-corrected chi connectivity index (χ1v) is 6.57. The van der Waals surface area contributed by atoms with Crippen LogP contribution in [0.25, 0.3) is 0 Å². The van der Waals surface area contributed by atoms with Crippen molar-refractivity contribution in [3.05, 3.63) is 34.8 Å². The number of aromatic nitrogens is 2. The Morgan fingerprint density at radius 2 is 2.25 bits per heavy atom. The van der Waals surface area contributed by atoms with Crippen LogP contribution in [-0.4, -0.2) is 22.7 Å². The second-order valence-corrected chi connectivity index (χ2v) is 4.59. The minimum Gasteiger partial charge on any atom is -0.465 e. The van der Waals surface area contributed by atoms with Gasteiger partial charge in [-0.3, -0.25) is 9.89 Å². The summed E-state index contributed by atoms with van der Waals surface area (Å²) in [6, 6.07) is 3.08. The molecule has 0 aromatic carbocycles. The highest BCUT2D eigenvalue weighted by molar-refractivity contribution is 5.91. The van der Waals surface area contributed by atoms with Gasteiger partial charge in [0.1, 0.15) is 0 Å². The van der Waals surface area contributed by atoms with Gasteiger partial charge in [0.2, 0.25) is 0 Å². The summed E-state index contributed by atoms with van der Waals surface area (Å²) in [7, 11) is 0. The number of hydrogen-bond donors (Lipinski definition) is 2. The monoisotopic (exact) mass is 277 g/mol. The lowest BCUT2D eigenvalue weighted by atomic mass is 10.1. The van der Waals surface area contributed by atoms with Gasteiger partial charge in [0.05, 0.1) is 18.3 Å². The maximum Gasteiger partial charge on any atom is 0.287 e. The summed E-state index contributed by atoms with van der Waals surface area (Å²) in [5.74, 6) is 0.309. The van der Waals surface area contributed by atoms with E-state index in [4.69, 9.17) is 9.15 Å². The first-order chi connectivity index (χ1) is 9.52. The number of nitrogens with one attached hydrogen (secondary N) is 2. The van der Waals surface area contributed by atoms with Crippen LogP contribution < -0.4 is 10.1 Å². The van der Waals surface area contributed by atoms with Gasteiger partial charge in [-0.25, -0.2) is 0 Å². The largest absolute Gasteiger partial charge is 0.465 e. The second kappa shape index (κ2) is 5.81. The van der Waals surface area contributed by atoms with Crippen molar-refractivity contribution < 1.29 is 13.9 Å². The molecule has 1 unspecified atom stereocenters. The summed E-state index contributed by atoms with van der Waals surface area (Å²) in [6.07, 6.45) is 0. The van der Waals surface area contributed by atoms with Gasteiger partial charge in [0.25, 0.3) is 11.9 Å². The Balaban J connectivity index is 2.07. The summed E-state index contributed by atoms with van der Waals surface area (Å²) < 4.78 is 10.5. The summed E-state index contributed by atoms with van der Waals surface area (Å²) in [4.78, 5) is 12.1. The van der Waals surface area contributed by atoms with Crippen LogP contribution in [-0.2, 0) is 0 Å². The molecule has 1 amide bonds. The predicted molar refractivity (Wildman–Crippen MR) is 73.8 cm³/mol. The third-order valence-corrected chi connectivity index (χ3v) is 3.06. The van der Waals surface area contributed by atoms with Gasteiger partial charge in [-0.1, -0.05) is 0 Å². The van der Waals surface area contributed by atoms with Crippen LogP contribution >= 0.6 is 0 Å². The van der Waals surface area contributed by atoms with Crippen LogP contribution in [0.2, 0.25) is 0 Å². The summed E-state index contributed by atoms with van der Waals surface area (Å²) in [5, 5.41) is 9.92. The molecule has 6 nitrogen and oxygen atoms in total. The molecule has 1 atom stereocenters. The zero-order valence-corrected chi connectivity index (χ0v) is 12.1. The number of furan rings is 1. The van der Waals surface area contributed by atoms with E-state index in [1.807, 2.05) is 27.7 Å². The third-order valence-electron chi connectivity index (χ3n) is 3.06. The van der Waals surface area contributed by atoms with E-state index in [1.165, 1.54) is 0 Å². The van der Waals surface area contributed by atoms with Crippen molar-refractivity contribution in [1.82, 2.24) is 15.5 Å². The topological polar surface area (TPSA) is 80.1 Å². The average molecular weight is 277 g/mol. The SMILES string of the molecule is CCOc1ccc(C(=O)NC(C)c2c(C)n[nH]c2C)o1. The van der Waals surface area contributed by atoms with Crippen molar-refractivity contribution in [3.8, 4) is 5.95 Å². The third kappa shape index (κ3) is 2.84. The van der Waals surface area contributed by atoms with Crippen LogP contribution in [0.5, 0.6) is 5.95 Å². The van der Waals surface area contributed by atoms with Crippen LogP contribution in [0.1, 0.15) is 47.4 Å². The van der Waals surface area contributed by atoms with Gasteiger partial charge < -0.3 is 14.5 Å². The van der Waals surface area contributed by atoms with E-state index in [-0.39, 0.29) is 17.7 Å². The van der Waals surface area contributed by atoms with Crippen molar-refractivity contribution in [2.24, 2.45) is 0 Å². The van der Waals surface area contributed by atoms with Crippen LogP contribution in [0.15, 0.2) is 16.5 Å². The minimum absolute atomic E-state index is 0.151. The van der Waals surface area contributed by atoms with E-state index >= 15 is 0 Å². The standard InChI is InChI=1S/C14H19N3O3/c1-5-19-12-7-6-11(20-12)14(18)15-8(2)13-9(3)16-17-10(13)4/h6-8H,5H2,1-4H3,(H,15,18)(H,16,17). The molecule has 0 aliphatic rings. The molecule has 0 saturated carbocycles. The fraction of sp³-hybridized carbons (Fsp3) is 0.429. The molecule has 20 heavy (non-hydrogen) atoms. The Bertz CT molecular complexity index is 581. The normalized spacial score (nSPS) is 12.2. The number of aromatic amines is 1. The highest BCUT2D eigenvalue weighted by Crippen LogP contribution is 2.21. The van der Waals surface area contributed by atoms with E-state index < -0.39 is 0 Å². The summed E-state index contributed by atoms with van der Waals surface area (Å²) in [5.41, 5.74) is 2.82. The highest BCUT2D eigenvalue weighted by atomic mass is 16.6. The quantitative estimate of drug-likeness (QED) is 0.880. The second-order valence-electron chi connectivity index (χ2n) is 4.59. The van der Waals surface area contributed by atoms with E-state index in [9.17, 15) is 4.79 Å². The summed E-state index contributed by atoms with van der Waals surface area (Å²) >= 11 is 0. The van der Waals surface area contributed by atoms with Crippen molar-refractivity contribution >= 4 is 5.91 Å². The van der Waals surface area contributed by atoms with Crippen molar-refractivity contribution in [2.75, 3.05) is 6.61 Å². The van der Waals surface area contributed by atoms with Crippen molar-refractivity contribution in [1.29, 1.82) is 0 Å². The molecular formula is C14H19N3O3. The Hall–Kier alpha value is -2.24. The van der Waals surface area contributed by atoms with Gasteiger partial charge in [0, 0.05) is 17.3 Å². The fourth-order valence-electron chi connectivity index (χ4n) is 2.20. The minimum atomic E-state index is -0.275. The number of rotatable bonds is 5. The molecule has 0 saturated heterocycles. The number of carbonyl (C=O) groups excluding carboxylic acids is 1. The maximum atomic E-state index is 12.1. The Kier molecular flexibility index (Phi) is 4.12. The molecule has 6 heteroatoms. The van der Waals surface area contributed by atoms with Gasteiger partial charge in [0.15, 0.2) is 5.76 Å². The van der Waals surface area contributed by atoms with Gasteiger partial charge in [-0.2, -0.15) is 5.10 Å². The highest BCUT2D eigenvalue weighted by Gasteiger charge is 2.19. The zero-order chi connectivity index (χ0) is 14.7. The van der Waals surface area contributed by atoms with E-state index in [1.54, 1.807) is 12.1 Å². The average Bonchev–Trinajstić information content (AvgIpc) is 2.97. The number of aryl methyl sites for hydroxylation is 2. The predicted octanol–water partition coefficient (Wildman–Crippen LogP) is 2.51. The molecule has 2 aromatic heterocycles. The lowest BCUT2D eigenvalue weighted by Crippen LogP contribution is -2.26. The number of H-pyrrole nitrogens is 1. The number of amides is 1. The van der Waals surface area contributed by atoms with E-state index in [0.29, 0.717) is 12.6 Å². The van der Waals surface area contributed by atoms with Gasteiger partial charge in [-0.05, 0) is 33.8 Å². The fourth-order valence-corrected chi connectivity index (χ4v) is 2.20. The molecule has 0 radical (unpaired) electrons. The Morgan fingerprint density at radius 3 is 2.85 bits per heavy atom. The number of ether oxygens (including phenoxy) is 1. The molecule has 2 heterocycles. The first-order valence-electron chi connectivity index (χ1n) is 6.57. The molecule has 0 aliphatic heterocycles. The molecule has 0 spiro atoms. The van der Waals surface area contributed by atoms with Gasteiger partial charge >= 0.3 is 0 Å². The lowest BCUT2D eigenvalue weighted by Gasteiger charge is -2.13. The number of hydrogen-bond acceptors (Lipinski definition) is 4. The molecule has 0 bridgehead atoms. The van der Waals surface area contributed by atoms with Crippen LogP contribution in [0.3, 0.4) is 0 Å². The smallest absolute Gasteiger partial charge is 0.287 e. The summed E-state index contributed by atoms with van der Waals surface area (Å²) in [6.45, 7) is 8.10. The lowest BCUT2D eigenvalue weighted by molar-refractivity contribution is 0.0903. The number of nitrogens with zero attached hydrogens (tertiary/aromatic N) is 1. The first kappa shape index (κ1) is 14.2. The molecule has 0 fully saturated rings. The van der Waals surface area contributed by atoms with E-state index in [2.05, 4.69) is 15.5 Å². The molecule has 2 N–H and O–H groups in total. The molecule has 2 rings (SSSR count). The molecule has 108 valence electrons. The molecular weight excluding hydrogens is 258 g/mol. The maximum absolute atomic E-state index is 12.1. The van der Waals surface area contributed by atoms with Crippen molar-refractivity contribution in [3.63, 3.8) is 0 Å². The number of carbonyl (C=O) groups is 1. The van der Waals surface area contributed by atoms with Crippen LogP contribution in [0, 0.1) is 13.8 Å². The zero-order valence-electron chi connectivity index (χ0n) is 12.1. The Labute approximate surface area is 117 Å². The van der Waals surface area contributed by atoms with Crippen molar-refractivity contribution in [2.45, 2.75) is 33.7 Å². The van der Waals surface area contributed by atoms with E-state index in [0.717, 1.165) is 17.0 Å². The van der Waals surface area contributed by atoms with Gasteiger partial charge in [-0.15, -0.1) is 0 Å². The molecule has 0 aliphatic carbocycles. The van der Waals surface area contributed by atoms with Crippen LogP contribution in [0.4, 0.5) is 0 Å². The Morgan fingerprint density at radius 1 is 1.50 bits per heavy atom.